The highest BCUT2D eigenvalue weighted by Gasteiger charge is 2.38. The molecule has 0 saturated carbocycles. The van der Waals surface area contributed by atoms with Crippen LogP contribution in [0.25, 0.3) is 5.83 Å². The van der Waals surface area contributed by atoms with Crippen LogP contribution in [0.3, 0.4) is 0 Å². The number of rotatable bonds is 6. The molecule has 0 aliphatic rings. The fraction of sp³-hybridized carbons (Fsp3) is 0.0800. The lowest BCUT2D eigenvalue weighted by molar-refractivity contribution is 0.342. The number of hydrogen-bond acceptors (Lipinski definition) is 2. The van der Waals surface area contributed by atoms with Crippen LogP contribution < -0.4 is 0 Å². The third-order valence-corrected chi connectivity index (χ3v) is 5.06. The average Bonchev–Trinajstić information content (AvgIpc) is 3.27. The Labute approximate surface area is 169 Å². The van der Waals surface area contributed by atoms with E-state index in [2.05, 4.69) is 41.4 Å². The molecule has 3 nitrogen and oxygen atoms in total. The van der Waals surface area contributed by atoms with E-state index in [1.54, 1.807) is 12.5 Å². The van der Waals surface area contributed by atoms with Gasteiger partial charge >= 0.3 is 0 Å². The van der Waals surface area contributed by atoms with E-state index in [9.17, 15) is 4.39 Å². The van der Waals surface area contributed by atoms with Crippen LogP contribution in [-0.2, 0) is 5.54 Å². The summed E-state index contributed by atoms with van der Waals surface area (Å²) in [6.45, 7) is -0.375. The number of imidazole rings is 1. The van der Waals surface area contributed by atoms with E-state index in [4.69, 9.17) is 5.11 Å². The van der Waals surface area contributed by atoms with Gasteiger partial charge in [0.15, 0.2) is 0 Å². The lowest BCUT2D eigenvalue weighted by atomic mass is 9.77. The van der Waals surface area contributed by atoms with Gasteiger partial charge in [-0.3, -0.25) is 0 Å². The number of nitrogens with zero attached hydrogens (tertiary/aromatic N) is 2. The van der Waals surface area contributed by atoms with Crippen molar-refractivity contribution in [3.8, 4) is 0 Å². The zero-order valence-electron chi connectivity index (χ0n) is 15.8. The molecule has 0 aliphatic carbocycles. The Kier molecular flexibility index (Phi) is 5.36. The number of hydrogen-bond donors (Lipinski definition) is 1. The number of aliphatic hydroxyl groups excluding tert-OH is 1. The number of aromatic nitrogens is 2. The minimum Gasteiger partial charge on any atom is -0.392 e. The molecule has 3 aromatic carbocycles. The van der Waals surface area contributed by atoms with Crippen molar-refractivity contribution < 1.29 is 9.50 Å². The van der Waals surface area contributed by atoms with Gasteiger partial charge in [0.2, 0.25) is 0 Å². The van der Waals surface area contributed by atoms with Gasteiger partial charge in [0, 0.05) is 6.20 Å². The maximum atomic E-state index is 14.4. The molecular formula is C25H21FN2O. The Morgan fingerprint density at radius 3 is 1.69 bits per heavy atom. The molecule has 1 N–H and O–H groups in total. The van der Waals surface area contributed by atoms with Crippen LogP contribution in [0.1, 0.15) is 22.4 Å². The van der Waals surface area contributed by atoms with Crippen molar-refractivity contribution in [1.82, 2.24) is 9.55 Å². The largest absolute Gasteiger partial charge is 0.392 e. The van der Waals surface area contributed by atoms with Crippen LogP contribution in [0.15, 0.2) is 110 Å². The molecule has 1 aromatic heterocycles. The molecule has 0 fully saturated rings. The van der Waals surface area contributed by atoms with Crippen molar-refractivity contribution >= 4 is 5.83 Å². The SMILES string of the molecule is OC/C=C(/F)c1cn(C(c2ccccc2)(c2ccccc2)c2ccccc2)cn1. The van der Waals surface area contributed by atoms with Crippen molar-refractivity contribution in [1.29, 1.82) is 0 Å². The van der Waals surface area contributed by atoms with Crippen molar-refractivity contribution in [2.75, 3.05) is 6.61 Å². The van der Waals surface area contributed by atoms with E-state index in [0.717, 1.165) is 22.8 Å². The topological polar surface area (TPSA) is 38.0 Å². The van der Waals surface area contributed by atoms with Crippen LogP contribution in [0.4, 0.5) is 4.39 Å². The average molecular weight is 384 g/mol. The second-order valence-electron chi connectivity index (χ2n) is 6.71. The number of benzene rings is 3. The minimum absolute atomic E-state index is 0.186. The Hall–Kier alpha value is -3.50. The van der Waals surface area contributed by atoms with Crippen LogP contribution in [-0.4, -0.2) is 21.3 Å². The summed E-state index contributed by atoms with van der Waals surface area (Å²) in [6, 6.07) is 30.4. The summed E-state index contributed by atoms with van der Waals surface area (Å²) in [5.74, 6) is -0.547. The third-order valence-electron chi connectivity index (χ3n) is 5.06. The van der Waals surface area contributed by atoms with Gasteiger partial charge in [0.1, 0.15) is 17.1 Å². The highest BCUT2D eigenvalue weighted by molar-refractivity contribution is 5.56. The van der Waals surface area contributed by atoms with E-state index in [0.29, 0.717) is 0 Å². The molecule has 4 aromatic rings. The monoisotopic (exact) mass is 384 g/mol. The summed E-state index contributed by atoms with van der Waals surface area (Å²) in [5, 5.41) is 9.05. The van der Waals surface area contributed by atoms with E-state index in [-0.39, 0.29) is 12.3 Å². The van der Waals surface area contributed by atoms with Gasteiger partial charge < -0.3 is 9.67 Å². The van der Waals surface area contributed by atoms with Gasteiger partial charge in [-0.15, -0.1) is 0 Å². The fourth-order valence-corrected chi connectivity index (χ4v) is 3.80. The molecule has 0 bridgehead atoms. The van der Waals surface area contributed by atoms with Crippen LogP contribution in [0, 0.1) is 0 Å². The van der Waals surface area contributed by atoms with Gasteiger partial charge in [-0.05, 0) is 22.8 Å². The van der Waals surface area contributed by atoms with Gasteiger partial charge in [0.25, 0.3) is 0 Å². The second kappa shape index (κ2) is 8.25. The molecule has 29 heavy (non-hydrogen) atoms. The smallest absolute Gasteiger partial charge is 0.148 e. The summed E-state index contributed by atoms with van der Waals surface area (Å²) >= 11 is 0. The molecule has 0 radical (unpaired) electrons. The van der Waals surface area contributed by atoms with Gasteiger partial charge in [-0.2, -0.15) is 0 Å². The first-order valence-corrected chi connectivity index (χ1v) is 9.44. The lowest BCUT2D eigenvalue weighted by Crippen LogP contribution is -2.36. The highest BCUT2D eigenvalue weighted by atomic mass is 19.1. The molecule has 4 heteroatoms. The molecule has 0 amide bonds. The Bertz CT molecular complexity index is 993. The second-order valence-corrected chi connectivity index (χ2v) is 6.71. The van der Waals surface area contributed by atoms with Crippen LogP contribution >= 0.6 is 0 Å². The Morgan fingerprint density at radius 2 is 1.28 bits per heavy atom. The van der Waals surface area contributed by atoms with Crippen molar-refractivity contribution in [3.05, 3.63) is 132 Å². The molecule has 0 unspecified atom stereocenters. The Morgan fingerprint density at radius 1 is 0.828 bits per heavy atom. The molecular weight excluding hydrogens is 363 g/mol. The predicted molar refractivity (Wildman–Crippen MR) is 113 cm³/mol. The zero-order chi connectivity index (χ0) is 20.1. The van der Waals surface area contributed by atoms with Crippen molar-refractivity contribution in [3.63, 3.8) is 0 Å². The standard InChI is InChI=1S/C25H21FN2O/c26-23(16-17-29)24-18-28(19-27-24)25(20-10-4-1-5-11-20,21-12-6-2-7-13-21)22-14-8-3-9-15-22/h1-16,18-19,29H,17H2/b23-16+. The summed E-state index contributed by atoms with van der Waals surface area (Å²) in [4.78, 5) is 4.29. The highest BCUT2D eigenvalue weighted by Crippen LogP contribution is 2.41. The van der Waals surface area contributed by atoms with E-state index in [1.807, 2.05) is 59.2 Å². The first kappa shape index (κ1) is 18.8. The molecule has 0 spiro atoms. The fourth-order valence-electron chi connectivity index (χ4n) is 3.80. The maximum absolute atomic E-state index is 14.4. The quantitative estimate of drug-likeness (QED) is 0.474. The summed E-state index contributed by atoms with van der Waals surface area (Å²) in [7, 11) is 0. The van der Waals surface area contributed by atoms with E-state index < -0.39 is 11.4 Å². The third kappa shape index (κ3) is 3.39. The summed E-state index contributed by atoms with van der Waals surface area (Å²) in [5.41, 5.74) is 2.56. The first-order valence-electron chi connectivity index (χ1n) is 9.44. The summed E-state index contributed by atoms with van der Waals surface area (Å²) in [6.07, 6.45) is 4.45. The van der Waals surface area contributed by atoms with E-state index >= 15 is 0 Å². The number of halogens is 1. The molecule has 0 aliphatic heterocycles. The van der Waals surface area contributed by atoms with Gasteiger partial charge in [-0.25, -0.2) is 9.37 Å². The molecule has 0 atom stereocenters. The maximum Gasteiger partial charge on any atom is 0.148 e. The molecule has 1 heterocycles. The van der Waals surface area contributed by atoms with Crippen molar-refractivity contribution in [2.24, 2.45) is 0 Å². The molecule has 4 rings (SSSR count). The first-order chi connectivity index (χ1) is 14.3. The summed E-state index contributed by atoms with van der Waals surface area (Å²) < 4.78 is 16.3. The van der Waals surface area contributed by atoms with Crippen LogP contribution in [0.2, 0.25) is 0 Å². The molecule has 0 saturated heterocycles. The number of aliphatic hydroxyl groups is 1. The van der Waals surface area contributed by atoms with Gasteiger partial charge in [0.05, 0.1) is 12.9 Å². The van der Waals surface area contributed by atoms with Crippen molar-refractivity contribution in [2.45, 2.75) is 5.54 Å². The molecule has 144 valence electrons. The normalized spacial score (nSPS) is 12.1. The van der Waals surface area contributed by atoms with Gasteiger partial charge in [-0.1, -0.05) is 91.0 Å². The Balaban J connectivity index is 2.05. The minimum atomic E-state index is -0.728. The predicted octanol–water partition coefficient (Wildman–Crippen LogP) is 5.03. The zero-order valence-corrected chi connectivity index (χ0v) is 15.8. The van der Waals surface area contributed by atoms with Crippen LogP contribution in [0.5, 0.6) is 0 Å². The van der Waals surface area contributed by atoms with E-state index in [1.165, 1.54) is 0 Å². The lowest BCUT2D eigenvalue weighted by Gasteiger charge is -2.37.